The molecule has 218 valence electrons. The molecule has 3 aromatic carbocycles. The molecule has 2 aliphatic carbocycles. The monoisotopic (exact) mass is 558 g/mol. The minimum absolute atomic E-state index is 0.192. The molecule has 41 heavy (non-hydrogen) atoms. The summed E-state index contributed by atoms with van der Waals surface area (Å²) in [6.45, 7) is 3.83. The Labute approximate surface area is 245 Å². The van der Waals surface area contributed by atoms with Gasteiger partial charge in [0.2, 0.25) is 0 Å². The molecule has 2 aliphatic rings. The Hall–Kier alpha value is -2.81. The third kappa shape index (κ3) is 7.16. The third-order valence-corrected chi connectivity index (χ3v) is 9.85. The molecule has 1 saturated carbocycles. The van der Waals surface area contributed by atoms with Crippen LogP contribution in [0.2, 0.25) is 0 Å². The van der Waals surface area contributed by atoms with E-state index in [2.05, 4.69) is 13.0 Å². The van der Waals surface area contributed by atoms with Crippen LogP contribution in [0.15, 0.2) is 60.7 Å². The van der Waals surface area contributed by atoms with Crippen LogP contribution in [0.5, 0.6) is 0 Å². The van der Waals surface area contributed by atoms with E-state index in [-0.39, 0.29) is 16.9 Å². The van der Waals surface area contributed by atoms with Gasteiger partial charge in [-0.05, 0) is 90.7 Å². The van der Waals surface area contributed by atoms with Crippen LogP contribution in [0.25, 0.3) is 27.8 Å². The van der Waals surface area contributed by atoms with E-state index in [1.165, 1.54) is 64.2 Å². The lowest BCUT2D eigenvalue weighted by Crippen LogP contribution is -2.23. The maximum absolute atomic E-state index is 15.3. The van der Waals surface area contributed by atoms with E-state index in [0.717, 1.165) is 53.7 Å². The second-order valence-electron chi connectivity index (χ2n) is 12.6. The van der Waals surface area contributed by atoms with E-state index in [9.17, 15) is 8.78 Å². The van der Waals surface area contributed by atoms with Crippen LogP contribution in [0, 0.1) is 42.1 Å². The minimum Gasteiger partial charge on any atom is -0.206 e. The second-order valence-corrected chi connectivity index (χ2v) is 12.6. The number of aryl methyl sites for hydroxylation is 1. The van der Waals surface area contributed by atoms with Gasteiger partial charge in [0, 0.05) is 11.1 Å². The van der Waals surface area contributed by atoms with Crippen molar-refractivity contribution in [2.45, 2.75) is 97.3 Å². The molecule has 0 bridgehead atoms. The maximum atomic E-state index is 15.3. The molecule has 0 amide bonds. The van der Waals surface area contributed by atoms with Crippen LogP contribution in [0.3, 0.4) is 0 Å². The highest BCUT2D eigenvalue weighted by Gasteiger charge is 2.29. The summed E-state index contributed by atoms with van der Waals surface area (Å²) in [5, 5.41) is 0. The molecule has 0 saturated heterocycles. The summed E-state index contributed by atoms with van der Waals surface area (Å²) in [4.78, 5) is 0. The van der Waals surface area contributed by atoms with Gasteiger partial charge in [-0.3, -0.25) is 0 Å². The molecule has 0 N–H and O–H groups in total. The van der Waals surface area contributed by atoms with Crippen molar-refractivity contribution in [1.29, 1.82) is 0 Å². The van der Waals surface area contributed by atoms with Crippen molar-refractivity contribution in [3.8, 4) is 22.3 Å². The Bertz CT molecular complexity index is 1330. The van der Waals surface area contributed by atoms with Crippen molar-refractivity contribution in [1.82, 2.24) is 0 Å². The zero-order valence-electron chi connectivity index (χ0n) is 24.8. The average Bonchev–Trinajstić information content (AvgIpc) is 3.00. The fourth-order valence-corrected chi connectivity index (χ4v) is 7.18. The van der Waals surface area contributed by atoms with Crippen molar-refractivity contribution >= 4 is 5.57 Å². The lowest BCUT2D eigenvalue weighted by atomic mass is 9.70. The lowest BCUT2D eigenvalue weighted by Gasteiger charge is -2.35. The maximum Gasteiger partial charge on any atom is 0.166 e. The molecule has 1 fully saturated rings. The second kappa shape index (κ2) is 13.9. The van der Waals surface area contributed by atoms with Crippen LogP contribution in [-0.2, 0) is 0 Å². The smallest absolute Gasteiger partial charge is 0.166 e. The molecule has 0 spiro atoms. The van der Waals surface area contributed by atoms with Gasteiger partial charge in [-0.1, -0.05) is 113 Å². The van der Waals surface area contributed by atoms with Gasteiger partial charge in [0.05, 0.1) is 0 Å². The van der Waals surface area contributed by atoms with Crippen LogP contribution >= 0.6 is 0 Å². The molecular weight excluding hydrogens is 513 g/mol. The Morgan fingerprint density at radius 1 is 0.659 bits per heavy atom. The lowest BCUT2D eigenvalue weighted by molar-refractivity contribution is 0.187. The van der Waals surface area contributed by atoms with Crippen LogP contribution in [-0.4, -0.2) is 0 Å². The van der Waals surface area contributed by atoms with Gasteiger partial charge < -0.3 is 0 Å². The first-order valence-electron chi connectivity index (χ1n) is 16.0. The molecule has 5 rings (SSSR count). The van der Waals surface area contributed by atoms with E-state index in [0.29, 0.717) is 11.1 Å². The highest BCUT2D eigenvalue weighted by Crippen LogP contribution is 2.43. The predicted octanol–water partition coefficient (Wildman–Crippen LogP) is 12.1. The molecule has 1 unspecified atom stereocenters. The molecule has 3 aromatic rings. The van der Waals surface area contributed by atoms with Gasteiger partial charge in [-0.25, -0.2) is 13.2 Å². The fourth-order valence-electron chi connectivity index (χ4n) is 7.18. The number of allylic oxidation sites excluding steroid dienone is 2. The number of unbranched alkanes of at least 4 members (excludes halogenated alkanes) is 4. The van der Waals surface area contributed by atoms with Crippen LogP contribution < -0.4 is 0 Å². The number of hydrogen-bond acceptors (Lipinski definition) is 0. The van der Waals surface area contributed by atoms with Gasteiger partial charge in [0.25, 0.3) is 0 Å². The highest BCUT2D eigenvalue weighted by atomic mass is 19.2. The van der Waals surface area contributed by atoms with Gasteiger partial charge in [0.15, 0.2) is 11.6 Å². The zero-order chi connectivity index (χ0) is 28.8. The molecule has 0 aliphatic heterocycles. The zero-order valence-corrected chi connectivity index (χ0v) is 24.8. The number of halogens is 3. The molecular formula is C38H45F3. The summed E-state index contributed by atoms with van der Waals surface area (Å²) in [7, 11) is 0. The van der Waals surface area contributed by atoms with E-state index in [1.807, 2.05) is 24.3 Å². The predicted molar refractivity (Wildman–Crippen MR) is 166 cm³/mol. The van der Waals surface area contributed by atoms with E-state index >= 15 is 4.39 Å². The SMILES string of the molecule is CCCCCCCC1CCC(C2CC=C(c3ccc(-c4ccc(-c5ccc(C)c(F)c5F)cc4)cc3F)CC2)CC1. The normalized spacial score (nSPS) is 21.1. The number of rotatable bonds is 10. The van der Waals surface area contributed by atoms with Crippen molar-refractivity contribution < 1.29 is 13.2 Å². The Morgan fingerprint density at radius 2 is 1.34 bits per heavy atom. The Balaban J connectivity index is 1.16. The van der Waals surface area contributed by atoms with Crippen LogP contribution in [0.1, 0.15) is 102 Å². The van der Waals surface area contributed by atoms with Gasteiger partial charge in [-0.2, -0.15) is 0 Å². The molecule has 0 nitrogen and oxygen atoms in total. The van der Waals surface area contributed by atoms with Crippen LogP contribution in [0.4, 0.5) is 13.2 Å². The quantitative estimate of drug-likeness (QED) is 0.217. The summed E-state index contributed by atoms with van der Waals surface area (Å²) in [6, 6.07) is 15.9. The molecule has 3 heteroatoms. The van der Waals surface area contributed by atoms with E-state index in [1.54, 1.807) is 37.3 Å². The number of benzene rings is 3. The summed E-state index contributed by atoms with van der Waals surface area (Å²) >= 11 is 0. The van der Waals surface area contributed by atoms with Gasteiger partial charge in [-0.15, -0.1) is 0 Å². The standard InChI is InChI=1S/C38H45F3/c1-3-4-5-6-7-8-27-10-12-28(13-11-27)29-14-18-31(19-15-29)34-24-22-33(25-36(34)39)30-16-20-32(21-17-30)35-23-9-26(2)37(40)38(35)41/h9,16-18,20-25,27-29H,3-8,10-15,19H2,1-2H3. The highest BCUT2D eigenvalue weighted by molar-refractivity contribution is 5.74. The van der Waals surface area contributed by atoms with Gasteiger partial charge >= 0.3 is 0 Å². The van der Waals surface area contributed by atoms with E-state index < -0.39 is 11.6 Å². The largest absolute Gasteiger partial charge is 0.206 e. The summed E-state index contributed by atoms with van der Waals surface area (Å²) < 4.78 is 43.8. The molecule has 0 heterocycles. The summed E-state index contributed by atoms with van der Waals surface area (Å²) in [6.07, 6.45) is 19.4. The van der Waals surface area contributed by atoms with Gasteiger partial charge in [0.1, 0.15) is 5.82 Å². The van der Waals surface area contributed by atoms with E-state index in [4.69, 9.17) is 0 Å². The third-order valence-electron chi connectivity index (χ3n) is 9.85. The Kier molecular flexibility index (Phi) is 10.1. The van der Waals surface area contributed by atoms with Crippen molar-refractivity contribution in [2.75, 3.05) is 0 Å². The Morgan fingerprint density at radius 3 is 2.02 bits per heavy atom. The van der Waals surface area contributed by atoms with Crippen molar-refractivity contribution in [2.24, 2.45) is 17.8 Å². The first-order valence-corrected chi connectivity index (χ1v) is 16.0. The fraction of sp³-hybridized carbons (Fsp3) is 0.474. The van der Waals surface area contributed by atoms with Crippen molar-refractivity contribution in [3.05, 3.63) is 89.3 Å². The van der Waals surface area contributed by atoms with Crippen molar-refractivity contribution in [3.63, 3.8) is 0 Å². The first kappa shape index (κ1) is 29.7. The summed E-state index contributed by atoms with van der Waals surface area (Å²) in [5.74, 6) is 0.683. The molecule has 0 radical (unpaired) electrons. The molecule has 0 aromatic heterocycles. The summed E-state index contributed by atoms with van der Waals surface area (Å²) in [5.41, 5.74) is 4.60. The average molecular weight is 559 g/mol. The molecule has 1 atom stereocenters. The number of hydrogen-bond donors (Lipinski definition) is 0. The topological polar surface area (TPSA) is 0 Å². The minimum atomic E-state index is -0.836. The first-order chi connectivity index (χ1) is 19.9.